The number of aliphatic hydroxyl groups is 11. The molecule has 0 saturated carbocycles. The van der Waals surface area contributed by atoms with E-state index in [4.69, 9.17) is 28.4 Å². The van der Waals surface area contributed by atoms with Gasteiger partial charge in [0.05, 0.1) is 38.6 Å². The van der Waals surface area contributed by atoms with E-state index in [9.17, 15) is 61.0 Å². The fourth-order valence-corrected chi connectivity index (χ4v) is 11.3. The van der Waals surface area contributed by atoms with E-state index < -0.39 is 124 Å². The van der Waals surface area contributed by atoms with Crippen LogP contribution in [-0.4, -0.2) is 193 Å². The second-order valence-electron chi connectivity index (χ2n) is 24.3. The Morgan fingerprint density at radius 1 is 0.419 bits per heavy atom. The predicted octanol–water partition coefficient (Wildman–Crippen LogP) is 8.22. The molecule has 0 bridgehead atoms. The Balaban J connectivity index is 1.47. The highest BCUT2D eigenvalue weighted by Gasteiger charge is 2.53. The van der Waals surface area contributed by atoms with Crippen LogP contribution in [-0.2, 0) is 33.2 Å². The first-order valence-corrected chi connectivity index (χ1v) is 33.9. The van der Waals surface area contributed by atoms with Crippen molar-refractivity contribution in [1.29, 1.82) is 0 Å². The van der Waals surface area contributed by atoms with E-state index in [1.807, 2.05) is 6.08 Å². The van der Waals surface area contributed by atoms with Crippen molar-refractivity contribution in [2.24, 2.45) is 0 Å². The van der Waals surface area contributed by atoms with Crippen molar-refractivity contribution in [1.82, 2.24) is 5.32 Å². The molecule has 3 aliphatic rings. The molecule has 12 N–H and O–H groups in total. The highest BCUT2D eigenvalue weighted by Crippen LogP contribution is 2.33. The van der Waals surface area contributed by atoms with Gasteiger partial charge in [-0.15, -0.1) is 0 Å². The number of amides is 1. The fraction of sp³-hybridized carbons (Fsp3) is 0.866. The number of aliphatic hydroxyl groups excluding tert-OH is 11. The van der Waals surface area contributed by atoms with E-state index in [1.165, 1.54) is 128 Å². The summed E-state index contributed by atoms with van der Waals surface area (Å²) in [5, 5.41) is 120. The van der Waals surface area contributed by atoms with E-state index in [0.717, 1.165) is 83.5 Å². The zero-order chi connectivity index (χ0) is 62.6. The molecule has 3 aliphatic heterocycles. The summed E-state index contributed by atoms with van der Waals surface area (Å²) < 4.78 is 34.3. The summed E-state index contributed by atoms with van der Waals surface area (Å²) in [7, 11) is 0. The monoisotopic (exact) mass is 1230 g/mol. The number of carbonyl (C=O) groups is 1. The largest absolute Gasteiger partial charge is 0.394 e. The van der Waals surface area contributed by atoms with Crippen molar-refractivity contribution < 1.29 is 89.4 Å². The minimum absolute atomic E-state index is 0.228. The number of allylic oxidation sites excluding steroid dienone is 7. The molecule has 0 spiro atoms. The van der Waals surface area contributed by atoms with Crippen LogP contribution in [0.15, 0.2) is 48.6 Å². The van der Waals surface area contributed by atoms with Gasteiger partial charge in [0.15, 0.2) is 18.9 Å². The van der Waals surface area contributed by atoms with Crippen molar-refractivity contribution >= 4 is 5.91 Å². The Morgan fingerprint density at radius 2 is 0.767 bits per heavy atom. The summed E-state index contributed by atoms with van der Waals surface area (Å²) >= 11 is 0. The summed E-state index contributed by atoms with van der Waals surface area (Å²) in [6.45, 7) is 1.71. The minimum Gasteiger partial charge on any atom is -0.394 e. The van der Waals surface area contributed by atoms with Gasteiger partial charge in [-0.05, 0) is 57.8 Å². The van der Waals surface area contributed by atoms with E-state index in [-0.39, 0.29) is 18.9 Å². The standard InChI is InChI=1S/C67H121NO18/c1-3-5-7-9-11-13-15-17-19-21-23-24-25-27-28-30-32-34-36-38-40-42-44-51(72)50(68-55(73)45-43-41-39-37-35-33-31-29-26-22-20-18-16-14-12-10-8-6-4-2)49-81-65-61(79)58(76)63(53(47-70)83-65)86-67-62(80)59(77)64(54(48-71)84-67)85-66-60(78)57(75)56(74)52(46-69)82-66/h12,14,18,20,26,29,42,44,50-54,56-67,69-72,74-80H,3-11,13,15-17,19,21-25,27-28,30-41,43,45-49H2,1-2H3,(H,68,73)/b14-12-,20-18-,29-26-,44-42+. The maximum Gasteiger partial charge on any atom is 0.220 e. The van der Waals surface area contributed by atoms with E-state index in [2.05, 4.69) is 55.6 Å². The van der Waals surface area contributed by atoms with Crippen LogP contribution in [0.2, 0.25) is 0 Å². The van der Waals surface area contributed by atoms with Crippen molar-refractivity contribution in [2.75, 3.05) is 26.4 Å². The van der Waals surface area contributed by atoms with Gasteiger partial charge in [-0.2, -0.15) is 0 Å². The zero-order valence-electron chi connectivity index (χ0n) is 52.8. The van der Waals surface area contributed by atoms with Crippen molar-refractivity contribution in [3.63, 3.8) is 0 Å². The molecule has 86 heavy (non-hydrogen) atoms. The molecule has 3 saturated heterocycles. The molecule has 19 nitrogen and oxygen atoms in total. The van der Waals surface area contributed by atoms with Gasteiger partial charge in [0.2, 0.25) is 5.91 Å². The second-order valence-corrected chi connectivity index (χ2v) is 24.3. The van der Waals surface area contributed by atoms with E-state index >= 15 is 0 Å². The first-order chi connectivity index (χ1) is 41.8. The summed E-state index contributed by atoms with van der Waals surface area (Å²) in [6.07, 6.45) is 30.8. The van der Waals surface area contributed by atoms with Crippen molar-refractivity contribution in [2.45, 2.75) is 343 Å². The average molecular weight is 1230 g/mol. The van der Waals surface area contributed by atoms with Gasteiger partial charge in [0.1, 0.15) is 73.2 Å². The third kappa shape index (κ3) is 31.7. The third-order valence-electron chi connectivity index (χ3n) is 16.9. The number of ether oxygens (including phenoxy) is 6. The topological polar surface area (TPSA) is 307 Å². The van der Waals surface area contributed by atoms with Crippen molar-refractivity contribution in [3.8, 4) is 0 Å². The van der Waals surface area contributed by atoms with Gasteiger partial charge in [0, 0.05) is 6.42 Å². The summed E-state index contributed by atoms with van der Waals surface area (Å²) in [4.78, 5) is 13.4. The molecule has 3 fully saturated rings. The van der Waals surface area contributed by atoms with Gasteiger partial charge in [-0.25, -0.2) is 0 Å². The Bertz CT molecular complexity index is 1750. The molecule has 3 rings (SSSR count). The predicted molar refractivity (Wildman–Crippen MR) is 332 cm³/mol. The number of hydrogen-bond acceptors (Lipinski definition) is 18. The summed E-state index contributed by atoms with van der Waals surface area (Å²) in [5.74, 6) is -0.288. The Hall–Kier alpha value is -2.25. The smallest absolute Gasteiger partial charge is 0.220 e. The summed E-state index contributed by atoms with van der Waals surface area (Å²) in [6, 6.07) is -0.982. The molecule has 1 amide bonds. The molecule has 0 aromatic rings. The molecule has 502 valence electrons. The Kier molecular flexibility index (Phi) is 44.8. The van der Waals surface area contributed by atoms with E-state index in [1.54, 1.807) is 6.08 Å². The molecular weight excluding hydrogens is 1110 g/mol. The van der Waals surface area contributed by atoms with E-state index in [0.29, 0.717) is 6.42 Å². The van der Waals surface area contributed by atoms with Crippen LogP contribution in [0.25, 0.3) is 0 Å². The molecule has 0 aromatic heterocycles. The van der Waals surface area contributed by atoms with Crippen LogP contribution in [0.5, 0.6) is 0 Å². The highest BCUT2D eigenvalue weighted by atomic mass is 16.8. The van der Waals surface area contributed by atoms with Crippen LogP contribution >= 0.6 is 0 Å². The van der Waals surface area contributed by atoms with Gasteiger partial charge in [-0.1, -0.05) is 223 Å². The second kappa shape index (κ2) is 49.5. The van der Waals surface area contributed by atoms with Crippen LogP contribution in [0.4, 0.5) is 0 Å². The maximum absolute atomic E-state index is 13.4. The minimum atomic E-state index is -1.98. The van der Waals surface area contributed by atoms with Crippen molar-refractivity contribution in [3.05, 3.63) is 48.6 Å². The van der Waals surface area contributed by atoms with Gasteiger partial charge in [0.25, 0.3) is 0 Å². The fourth-order valence-electron chi connectivity index (χ4n) is 11.3. The number of hydrogen-bond donors (Lipinski definition) is 12. The normalized spacial score (nSPS) is 29.1. The zero-order valence-corrected chi connectivity index (χ0v) is 52.8. The van der Waals surface area contributed by atoms with Crippen LogP contribution < -0.4 is 5.32 Å². The van der Waals surface area contributed by atoms with Crippen LogP contribution in [0, 0.1) is 0 Å². The lowest BCUT2D eigenvalue weighted by atomic mass is 9.96. The van der Waals surface area contributed by atoms with Gasteiger partial charge in [-0.3, -0.25) is 4.79 Å². The SMILES string of the molecule is CCCCC/C=C\C/C=C\C/C=C\CCCCCCCCC(=O)NC(COC1OC(CO)C(OC2OC(CO)C(OC3OC(CO)C(O)C(O)C3O)C(O)C2O)C(O)C1O)C(O)/C=C/CCCCCCCCCCCCCCCCCCCCCC. The van der Waals surface area contributed by atoms with Crippen LogP contribution in [0.1, 0.15) is 239 Å². The molecular formula is C67H121NO18. The van der Waals surface area contributed by atoms with Crippen LogP contribution in [0.3, 0.4) is 0 Å². The number of unbranched alkanes of at least 4 members (excludes halogenated alkanes) is 29. The summed E-state index contributed by atoms with van der Waals surface area (Å²) in [5.41, 5.74) is 0. The number of nitrogens with one attached hydrogen (secondary N) is 1. The molecule has 17 unspecified atom stereocenters. The quantitative estimate of drug-likeness (QED) is 0.0202. The first-order valence-electron chi connectivity index (χ1n) is 33.9. The molecule has 0 aliphatic carbocycles. The Labute approximate surface area is 516 Å². The third-order valence-corrected chi connectivity index (χ3v) is 16.9. The first kappa shape index (κ1) is 78.0. The molecule has 0 radical (unpaired) electrons. The lowest BCUT2D eigenvalue weighted by molar-refractivity contribution is -0.379. The maximum atomic E-state index is 13.4. The molecule has 19 heteroatoms. The Morgan fingerprint density at radius 3 is 1.22 bits per heavy atom. The van der Waals surface area contributed by atoms with Gasteiger partial charge < -0.3 is 89.9 Å². The lowest BCUT2D eigenvalue weighted by Crippen LogP contribution is -2.66. The molecule has 17 atom stereocenters. The average Bonchev–Trinajstić information content (AvgIpc) is 2.80. The number of rotatable bonds is 51. The highest BCUT2D eigenvalue weighted by molar-refractivity contribution is 5.76. The number of carbonyl (C=O) groups excluding carboxylic acids is 1. The molecule has 3 heterocycles. The van der Waals surface area contributed by atoms with Gasteiger partial charge >= 0.3 is 0 Å². The lowest BCUT2D eigenvalue weighted by Gasteiger charge is -2.48. The molecule has 0 aromatic carbocycles.